The quantitative estimate of drug-likeness (QED) is 0.0983. The summed E-state index contributed by atoms with van der Waals surface area (Å²) >= 11 is 27.2. The van der Waals surface area contributed by atoms with E-state index in [2.05, 4.69) is 20.9 Å². The van der Waals surface area contributed by atoms with Gasteiger partial charge in [0.1, 0.15) is 5.70 Å². The Balaban J connectivity index is 1.20. The lowest BCUT2D eigenvalue weighted by Crippen LogP contribution is -2.30. The van der Waals surface area contributed by atoms with Crippen molar-refractivity contribution in [1.29, 1.82) is 0 Å². The summed E-state index contributed by atoms with van der Waals surface area (Å²) in [5.41, 5.74) is 2.76. The summed E-state index contributed by atoms with van der Waals surface area (Å²) in [6, 6.07) is 25.7. The van der Waals surface area contributed by atoms with Gasteiger partial charge in [0.15, 0.2) is 5.13 Å². The van der Waals surface area contributed by atoms with E-state index in [9.17, 15) is 14.4 Å². The number of carbonyl (C=O) groups is 3. The van der Waals surface area contributed by atoms with Crippen LogP contribution in [0.15, 0.2) is 107 Å². The van der Waals surface area contributed by atoms with Crippen molar-refractivity contribution in [2.45, 2.75) is 4.90 Å². The lowest BCUT2D eigenvalue weighted by molar-refractivity contribution is -0.114. The van der Waals surface area contributed by atoms with Crippen LogP contribution < -0.4 is 16.0 Å². The van der Waals surface area contributed by atoms with Gasteiger partial charge in [0.2, 0.25) is 5.91 Å². The molecule has 0 aliphatic rings. The summed E-state index contributed by atoms with van der Waals surface area (Å²) in [4.78, 5) is 44.1. The Morgan fingerprint density at radius 1 is 0.804 bits per heavy atom. The molecule has 0 aliphatic carbocycles. The van der Waals surface area contributed by atoms with Crippen LogP contribution in [0.3, 0.4) is 0 Å². The SMILES string of the molecule is O=C(CSc1ccc(NC(=O)/C(=C/c2cccc(Cl)c2Cl)NC(=O)c2ccccc2)cc1)Nc1nc(-c2ccc(Cl)c(Cl)c2)cs1. The first-order chi connectivity index (χ1) is 22.2. The monoisotopic (exact) mass is 726 g/mol. The van der Waals surface area contributed by atoms with Gasteiger partial charge >= 0.3 is 0 Å². The molecule has 0 atom stereocenters. The van der Waals surface area contributed by atoms with E-state index in [0.29, 0.717) is 42.7 Å². The van der Waals surface area contributed by atoms with Crippen molar-refractivity contribution in [3.63, 3.8) is 0 Å². The molecule has 7 nitrogen and oxygen atoms in total. The molecule has 3 N–H and O–H groups in total. The van der Waals surface area contributed by atoms with Crippen LogP contribution in [-0.2, 0) is 9.59 Å². The summed E-state index contributed by atoms with van der Waals surface area (Å²) < 4.78 is 0. The van der Waals surface area contributed by atoms with Gasteiger partial charge in [-0.1, -0.05) is 82.8 Å². The van der Waals surface area contributed by atoms with E-state index in [1.54, 1.807) is 84.9 Å². The number of aromatic nitrogens is 1. The van der Waals surface area contributed by atoms with Crippen LogP contribution in [-0.4, -0.2) is 28.5 Å². The van der Waals surface area contributed by atoms with Crippen molar-refractivity contribution < 1.29 is 14.4 Å². The molecule has 4 aromatic carbocycles. The number of hydrogen-bond acceptors (Lipinski definition) is 6. The van der Waals surface area contributed by atoms with Crippen molar-refractivity contribution in [2.75, 3.05) is 16.4 Å². The van der Waals surface area contributed by atoms with Crippen LogP contribution in [0, 0.1) is 0 Å². The Hall–Kier alpha value is -3.83. The number of thioether (sulfide) groups is 1. The van der Waals surface area contributed by atoms with Gasteiger partial charge in [-0.05, 0) is 66.2 Å². The van der Waals surface area contributed by atoms with Crippen LogP contribution in [0.5, 0.6) is 0 Å². The minimum atomic E-state index is -0.566. The molecule has 0 spiro atoms. The van der Waals surface area contributed by atoms with Crippen molar-refractivity contribution in [3.05, 3.63) is 133 Å². The minimum absolute atomic E-state index is 0.0300. The van der Waals surface area contributed by atoms with Gasteiger partial charge in [-0.2, -0.15) is 0 Å². The Bertz CT molecular complexity index is 1930. The molecular formula is C33H22Cl4N4O3S2. The highest BCUT2D eigenvalue weighted by molar-refractivity contribution is 8.00. The second-order valence-corrected chi connectivity index (χ2v) is 13.0. The third-order valence-electron chi connectivity index (χ3n) is 6.26. The number of rotatable bonds is 10. The Morgan fingerprint density at radius 3 is 2.30 bits per heavy atom. The van der Waals surface area contributed by atoms with Gasteiger partial charge in [0.25, 0.3) is 11.8 Å². The highest BCUT2D eigenvalue weighted by atomic mass is 35.5. The molecule has 13 heteroatoms. The van der Waals surface area contributed by atoms with Crippen LogP contribution in [0.25, 0.3) is 17.3 Å². The van der Waals surface area contributed by atoms with Gasteiger partial charge in [0, 0.05) is 27.1 Å². The lowest BCUT2D eigenvalue weighted by Gasteiger charge is -2.12. The molecule has 3 amide bonds. The number of thiazole rings is 1. The largest absolute Gasteiger partial charge is 0.321 e. The molecule has 46 heavy (non-hydrogen) atoms. The second kappa shape index (κ2) is 15.6. The Kier molecular flexibility index (Phi) is 11.4. The molecule has 0 unspecified atom stereocenters. The van der Waals surface area contributed by atoms with Crippen molar-refractivity contribution in [2.24, 2.45) is 0 Å². The number of anilines is 2. The Labute approximate surface area is 292 Å². The van der Waals surface area contributed by atoms with Gasteiger partial charge in [-0.3, -0.25) is 14.4 Å². The number of hydrogen-bond donors (Lipinski definition) is 3. The van der Waals surface area contributed by atoms with Gasteiger partial charge in [-0.15, -0.1) is 23.1 Å². The van der Waals surface area contributed by atoms with E-state index < -0.39 is 11.8 Å². The number of halogens is 4. The van der Waals surface area contributed by atoms with Crippen molar-refractivity contribution in [3.8, 4) is 11.3 Å². The van der Waals surface area contributed by atoms with E-state index >= 15 is 0 Å². The maximum Gasteiger partial charge on any atom is 0.272 e. The maximum atomic E-state index is 13.3. The Morgan fingerprint density at radius 2 is 1.57 bits per heavy atom. The van der Waals surface area contributed by atoms with E-state index in [1.807, 2.05) is 11.4 Å². The van der Waals surface area contributed by atoms with Crippen LogP contribution in [0.4, 0.5) is 10.8 Å². The number of amides is 3. The highest BCUT2D eigenvalue weighted by Crippen LogP contribution is 2.31. The number of nitrogens with one attached hydrogen (secondary N) is 3. The average molecular weight is 729 g/mol. The molecule has 0 saturated heterocycles. The third-order valence-corrected chi connectivity index (χ3v) is 9.60. The third kappa shape index (κ3) is 8.91. The van der Waals surface area contributed by atoms with Crippen LogP contribution in [0.1, 0.15) is 15.9 Å². The fourth-order valence-electron chi connectivity index (χ4n) is 3.99. The first kappa shape index (κ1) is 33.5. The zero-order chi connectivity index (χ0) is 32.6. The summed E-state index contributed by atoms with van der Waals surface area (Å²) in [5.74, 6) is -1.11. The predicted octanol–water partition coefficient (Wildman–Crippen LogP) is 9.56. The zero-order valence-corrected chi connectivity index (χ0v) is 28.2. The number of nitrogens with zero attached hydrogens (tertiary/aromatic N) is 1. The van der Waals surface area contributed by atoms with E-state index in [4.69, 9.17) is 46.4 Å². The molecular weight excluding hydrogens is 706 g/mol. The topological polar surface area (TPSA) is 100 Å². The molecule has 232 valence electrons. The summed E-state index contributed by atoms with van der Waals surface area (Å²) in [5, 5.41) is 12.0. The fourth-order valence-corrected chi connectivity index (χ4v) is 6.08. The highest BCUT2D eigenvalue weighted by Gasteiger charge is 2.17. The molecule has 0 aliphatic heterocycles. The summed E-state index contributed by atoms with van der Waals surface area (Å²) in [6.07, 6.45) is 1.46. The summed E-state index contributed by atoms with van der Waals surface area (Å²) in [7, 11) is 0. The van der Waals surface area contributed by atoms with Crippen molar-refractivity contribution in [1.82, 2.24) is 10.3 Å². The normalized spacial score (nSPS) is 11.2. The molecule has 0 fully saturated rings. The second-order valence-electron chi connectivity index (χ2n) is 9.50. The van der Waals surface area contributed by atoms with Gasteiger partial charge in [0.05, 0.1) is 31.5 Å². The zero-order valence-electron chi connectivity index (χ0n) is 23.5. The lowest BCUT2D eigenvalue weighted by atomic mass is 10.1. The molecule has 0 saturated carbocycles. The van der Waals surface area contributed by atoms with Crippen molar-refractivity contribution >= 4 is 104 Å². The fraction of sp³-hybridized carbons (Fsp3) is 0.0303. The standard InChI is InChI=1S/C33H22Cl4N4O3S2/c34-24-14-9-20(15-26(24)36)28-17-46-33(40-28)41-29(42)18-45-23-12-10-22(11-13-23)38-32(44)27(16-21-7-4-8-25(35)30(21)37)39-31(43)19-5-2-1-3-6-19/h1-17H,18H2,(H,38,44)(H,39,43)(H,40,41,42)/b27-16-. The first-order valence-corrected chi connectivity index (χ1v) is 16.8. The smallest absolute Gasteiger partial charge is 0.272 e. The average Bonchev–Trinajstić information content (AvgIpc) is 3.52. The predicted molar refractivity (Wildman–Crippen MR) is 190 cm³/mol. The maximum absolute atomic E-state index is 13.3. The molecule has 1 heterocycles. The molecule has 1 aromatic heterocycles. The van der Waals surface area contributed by atoms with Gasteiger partial charge in [-0.25, -0.2) is 4.98 Å². The van der Waals surface area contributed by atoms with E-state index in [-0.39, 0.29) is 22.4 Å². The van der Waals surface area contributed by atoms with Crippen LogP contribution >= 0.6 is 69.5 Å². The van der Waals surface area contributed by atoms with Crippen LogP contribution in [0.2, 0.25) is 20.1 Å². The minimum Gasteiger partial charge on any atom is -0.321 e. The van der Waals surface area contributed by atoms with E-state index in [1.165, 1.54) is 29.2 Å². The molecule has 5 rings (SSSR count). The number of carbonyl (C=O) groups excluding carboxylic acids is 3. The van der Waals surface area contributed by atoms with E-state index in [0.717, 1.165) is 10.5 Å². The van der Waals surface area contributed by atoms with Gasteiger partial charge < -0.3 is 16.0 Å². The number of benzene rings is 4. The molecule has 0 radical (unpaired) electrons. The molecule has 5 aromatic rings. The first-order valence-electron chi connectivity index (χ1n) is 13.4. The molecule has 0 bridgehead atoms. The summed E-state index contributed by atoms with van der Waals surface area (Å²) in [6.45, 7) is 0.